The molecule has 1 saturated heterocycles. The van der Waals surface area contributed by atoms with E-state index < -0.39 is 0 Å². The minimum Gasteiger partial charge on any atom is -0.489 e. The maximum atomic E-state index is 9.03. The summed E-state index contributed by atoms with van der Waals surface area (Å²) in [5.41, 5.74) is 0.536. The van der Waals surface area contributed by atoms with Crippen LogP contribution in [0.3, 0.4) is 0 Å². The monoisotopic (exact) mass is 310 g/mol. The fraction of sp³-hybridized carbons (Fsp3) is 0.462. The molecule has 0 aliphatic carbocycles. The second-order valence-corrected chi connectivity index (χ2v) is 5.23. The molecular formula is C13H15BrN2O2. The topological polar surface area (TPSA) is 45.5 Å². The molecule has 0 aromatic heterocycles. The van der Waals surface area contributed by atoms with E-state index in [-0.39, 0.29) is 6.10 Å². The summed E-state index contributed by atoms with van der Waals surface area (Å²) in [7, 11) is 2.07. The third kappa shape index (κ3) is 3.45. The van der Waals surface area contributed by atoms with Crippen LogP contribution in [0.2, 0.25) is 0 Å². The highest BCUT2D eigenvalue weighted by atomic mass is 79.9. The van der Waals surface area contributed by atoms with Crippen LogP contribution in [0.4, 0.5) is 0 Å². The second-order valence-electron chi connectivity index (χ2n) is 4.32. The molecule has 0 bridgehead atoms. The van der Waals surface area contributed by atoms with Crippen molar-refractivity contribution < 1.29 is 9.47 Å². The quantitative estimate of drug-likeness (QED) is 0.857. The number of morpholine rings is 1. The summed E-state index contributed by atoms with van der Waals surface area (Å²) in [6.45, 7) is 3.02. The van der Waals surface area contributed by atoms with Crippen molar-refractivity contribution in [1.82, 2.24) is 4.90 Å². The minimum absolute atomic E-state index is 0.0685. The minimum atomic E-state index is 0.0685. The van der Waals surface area contributed by atoms with Crippen LogP contribution in [0, 0.1) is 11.3 Å². The molecule has 0 radical (unpaired) electrons. The van der Waals surface area contributed by atoms with E-state index in [4.69, 9.17) is 14.7 Å². The molecule has 1 aromatic rings. The first-order valence-corrected chi connectivity index (χ1v) is 6.61. The van der Waals surface area contributed by atoms with E-state index >= 15 is 0 Å². The number of benzene rings is 1. The predicted octanol–water partition coefficient (Wildman–Crippen LogP) is 2.03. The Balaban J connectivity index is 1.96. The zero-order valence-corrected chi connectivity index (χ0v) is 11.8. The Morgan fingerprint density at radius 3 is 3.17 bits per heavy atom. The highest BCUT2D eigenvalue weighted by Gasteiger charge is 2.18. The average molecular weight is 311 g/mol. The fourth-order valence-electron chi connectivity index (χ4n) is 1.87. The zero-order chi connectivity index (χ0) is 13.0. The number of ether oxygens (including phenoxy) is 2. The number of rotatable bonds is 3. The van der Waals surface area contributed by atoms with Crippen LogP contribution in [0.15, 0.2) is 22.7 Å². The van der Waals surface area contributed by atoms with Crippen molar-refractivity contribution in [2.45, 2.75) is 6.10 Å². The van der Waals surface area contributed by atoms with Gasteiger partial charge in [-0.3, -0.25) is 0 Å². The predicted molar refractivity (Wildman–Crippen MR) is 71.6 cm³/mol. The molecule has 1 unspecified atom stereocenters. The Bertz CT molecular complexity index is 459. The summed E-state index contributed by atoms with van der Waals surface area (Å²) in [4.78, 5) is 2.21. The van der Waals surface area contributed by atoms with E-state index in [1.807, 2.05) is 6.07 Å². The van der Waals surface area contributed by atoms with E-state index in [0.29, 0.717) is 17.9 Å². The summed E-state index contributed by atoms with van der Waals surface area (Å²) in [5.74, 6) is 0.609. The normalized spacial score (nSPS) is 20.4. The molecule has 1 heterocycles. The Morgan fingerprint density at radius 2 is 2.44 bits per heavy atom. The smallest absolute Gasteiger partial charge is 0.137 e. The van der Waals surface area contributed by atoms with Crippen LogP contribution in [0.1, 0.15) is 5.56 Å². The van der Waals surface area contributed by atoms with Crippen molar-refractivity contribution >= 4 is 15.9 Å². The summed E-state index contributed by atoms with van der Waals surface area (Å²) < 4.78 is 12.2. The highest BCUT2D eigenvalue weighted by Crippen LogP contribution is 2.22. The summed E-state index contributed by atoms with van der Waals surface area (Å²) in [6.07, 6.45) is 0.0685. The molecule has 1 atom stereocenters. The van der Waals surface area contributed by atoms with Gasteiger partial charge in [-0.2, -0.15) is 5.26 Å². The summed E-state index contributed by atoms with van der Waals surface area (Å²) in [6, 6.07) is 7.55. The molecule has 0 spiro atoms. The Hall–Kier alpha value is -1.09. The first-order chi connectivity index (χ1) is 8.69. The van der Waals surface area contributed by atoms with E-state index in [0.717, 1.165) is 24.2 Å². The molecule has 0 amide bonds. The van der Waals surface area contributed by atoms with E-state index in [9.17, 15) is 0 Å². The third-order valence-corrected chi connectivity index (χ3v) is 3.32. The number of hydrogen-bond acceptors (Lipinski definition) is 4. The Labute approximate surface area is 115 Å². The molecule has 1 aliphatic heterocycles. The first kappa shape index (κ1) is 13.3. The molecule has 4 nitrogen and oxygen atoms in total. The van der Waals surface area contributed by atoms with Crippen molar-refractivity contribution in [3.63, 3.8) is 0 Å². The van der Waals surface area contributed by atoms with Gasteiger partial charge in [0.2, 0.25) is 0 Å². The molecule has 1 aliphatic rings. The van der Waals surface area contributed by atoms with Crippen LogP contribution < -0.4 is 4.74 Å². The lowest BCUT2D eigenvalue weighted by Gasteiger charge is -2.29. The molecule has 0 N–H and O–H groups in total. The van der Waals surface area contributed by atoms with Gasteiger partial charge in [-0.25, -0.2) is 0 Å². The van der Waals surface area contributed by atoms with Crippen molar-refractivity contribution in [2.75, 3.05) is 33.4 Å². The summed E-state index contributed by atoms with van der Waals surface area (Å²) in [5, 5.41) is 9.03. The average Bonchev–Trinajstić information content (AvgIpc) is 2.37. The number of nitriles is 1. The van der Waals surface area contributed by atoms with Gasteiger partial charge in [0.05, 0.1) is 12.2 Å². The van der Waals surface area contributed by atoms with E-state index in [1.165, 1.54) is 0 Å². The van der Waals surface area contributed by atoms with Crippen molar-refractivity contribution in [3.8, 4) is 11.8 Å². The number of halogens is 1. The van der Waals surface area contributed by atoms with E-state index in [2.05, 4.69) is 33.9 Å². The Morgan fingerprint density at radius 1 is 1.61 bits per heavy atom. The molecule has 5 heteroatoms. The molecule has 96 valence electrons. The summed E-state index contributed by atoms with van der Waals surface area (Å²) >= 11 is 3.33. The highest BCUT2D eigenvalue weighted by molar-refractivity contribution is 9.10. The largest absolute Gasteiger partial charge is 0.489 e. The van der Waals surface area contributed by atoms with Crippen LogP contribution in [-0.2, 0) is 4.74 Å². The lowest BCUT2D eigenvalue weighted by atomic mass is 10.2. The number of nitrogens with zero attached hydrogens (tertiary/aromatic N) is 2. The van der Waals surface area contributed by atoms with Gasteiger partial charge in [0.1, 0.15) is 24.5 Å². The first-order valence-electron chi connectivity index (χ1n) is 5.81. The van der Waals surface area contributed by atoms with Crippen LogP contribution in [0.5, 0.6) is 5.75 Å². The fourth-order valence-corrected chi connectivity index (χ4v) is 2.23. The molecule has 1 aromatic carbocycles. The van der Waals surface area contributed by atoms with Gasteiger partial charge < -0.3 is 14.4 Å². The van der Waals surface area contributed by atoms with Crippen molar-refractivity contribution in [2.24, 2.45) is 0 Å². The number of hydrogen-bond donors (Lipinski definition) is 0. The lowest BCUT2D eigenvalue weighted by molar-refractivity contribution is -0.0403. The zero-order valence-electron chi connectivity index (χ0n) is 10.2. The second kappa shape index (κ2) is 6.19. The third-order valence-electron chi connectivity index (χ3n) is 2.83. The van der Waals surface area contributed by atoms with Crippen molar-refractivity contribution in [1.29, 1.82) is 5.26 Å². The molecule has 0 saturated carbocycles. The van der Waals surface area contributed by atoms with Gasteiger partial charge in [0, 0.05) is 17.6 Å². The molecule has 2 rings (SSSR count). The van der Waals surface area contributed by atoms with Gasteiger partial charge in [0.25, 0.3) is 0 Å². The van der Waals surface area contributed by atoms with Gasteiger partial charge in [-0.15, -0.1) is 0 Å². The Kier molecular flexibility index (Phi) is 4.59. The van der Waals surface area contributed by atoms with Gasteiger partial charge in [-0.05, 0) is 25.2 Å². The standard InChI is InChI=1S/C13H15BrN2O2/c1-16-4-5-17-12(8-16)9-18-13-3-2-11(14)6-10(13)7-15/h2-3,6,12H,4-5,8-9H2,1H3. The molecule has 18 heavy (non-hydrogen) atoms. The molecule has 1 fully saturated rings. The maximum absolute atomic E-state index is 9.03. The van der Waals surface area contributed by atoms with Crippen LogP contribution in [-0.4, -0.2) is 44.4 Å². The van der Waals surface area contributed by atoms with Crippen molar-refractivity contribution in [3.05, 3.63) is 28.2 Å². The van der Waals surface area contributed by atoms with Gasteiger partial charge in [0.15, 0.2) is 0 Å². The maximum Gasteiger partial charge on any atom is 0.137 e. The van der Waals surface area contributed by atoms with Gasteiger partial charge in [-0.1, -0.05) is 15.9 Å². The van der Waals surface area contributed by atoms with Gasteiger partial charge >= 0.3 is 0 Å². The number of likely N-dealkylation sites (N-methyl/N-ethyl adjacent to an activating group) is 1. The van der Waals surface area contributed by atoms with Crippen LogP contribution >= 0.6 is 15.9 Å². The SMILES string of the molecule is CN1CCOC(COc2ccc(Br)cc2C#N)C1. The lowest BCUT2D eigenvalue weighted by Crippen LogP contribution is -2.42. The van der Waals surface area contributed by atoms with E-state index in [1.54, 1.807) is 12.1 Å². The van der Waals surface area contributed by atoms with Crippen LogP contribution in [0.25, 0.3) is 0 Å². The molecular weight excluding hydrogens is 296 g/mol.